The molecule has 3 aliphatic rings. The van der Waals surface area contributed by atoms with E-state index >= 15 is 0 Å². The Balaban J connectivity index is 1.29. The Morgan fingerprint density at radius 2 is 2.09 bits per heavy atom. The molecule has 10 heteroatoms. The van der Waals surface area contributed by atoms with Crippen molar-refractivity contribution in [2.45, 2.75) is 63.3 Å². The molecule has 1 unspecified atom stereocenters. The number of carbonyl (C=O) groups excluding carboxylic acids is 1. The number of carbonyl (C=O) groups is 1. The molecule has 0 radical (unpaired) electrons. The first-order chi connectivity index (χ1) is 15.7. The van der Waals surface area contributed by atoms with Crippen molar-refractivity contribution >= 4 is 40.0 Å². The highest BCUT2D eigenvalue weighted by Crippen LogP contribution is 2.40. The Hall–Kier alpha value is -3.01. The van der Waals surface area contributed by atoms with Crippen molar-refractivity contribution in [3.05, 3.63) is 34.6 Å². The highest BCUT2D eigenvalue weighted by molar-refractivity contribution is 7.13. The first-order valence-corrected chi connectivity index (χ1v) is 12.3. The van der Waals surface area contributed by atoms with Gasteiger partial charge in [0.05, 0.1) is 5.69 Å². The van der Waals surface area contributed by atoms with Gasteiger partial charge in [0.15, 0.2) is 10.9 Å². The number of piperidine rings is 1. The molecule has 9 nitrogen and oxygen atoms in total. The molecule has 166 valence electrons. The second-order valence-electron chi connectivity index (χ2n) is 8.79. The standard InChI is InChI=1S/C22H26N8OS/c31-20(27-22-23-9-11-32-22)17-6-1-2-10-30(17)21-24-15-5-3-4-14(15)19(26-21)25-18-12-16(28-29-18)13-7-8-13/h9,11-13,17H,1-8,10H2,(H,23,27,31)(H2,24,25,26,28,29). The Labute approximate surface area is 190 Å². The van der Waals surface area contributed by atoms with Crippen LogP contribution < -0.4 is 15.5 Å². The molecule has 0 spiro atoms. The Morgan fingerprint density at radius 3 is 2.94 bits per heavy atom. The highest BCUT2D eigenvalue weighted by Gasteiger charge is 2.33. The quantitative estimate of drug-likeness (QED) is 0.524. The van der Waals surface area contributed by atoms with Crippen molar-refractivity contribution in [1.82, 2.24) is 25.1 Å². The monoisotopic (exact) mass is 450 g/mol. The summed E-state index contributed by atoms with van der Waals surface area (Å²) in [5.41, 5.74) is 3.44. The molecule has 1 saturated heterocycles. The fourth-order valence-corrected chi connectivity index (χ4v) is 5.23. The van der Waals surface area contributed by atoms with Crippen LogP contribution in [0, 0.1) is 0 Å². The number of hydrogen-bond acceptors (Lipinski definition) is 8. The minimum absolute atomic E-state index is 0.0420. The third-order valence-electron chi connectivity index (χ3n) is 6.51. The number of thiazole rings is 1. The number of nitrogens with zero attached hydrogens (tertiary/aromatic N) is 5. The third-order valence-corrected chi connectivity index (χ3v) is 7.20. The fourth-order valence-electron chi connectivity index (χ4n) is 4.69. The predicted molar refractivity (Wildman–Crippen MR) is 124 cm³/mol. The van der Waals surface area contributed by atoms with E-state index in [0.717, 1.165) is 62.4 Å². The molecule has 2 aliphatic carbocycles. The lowest BCUT2D eigenvalue weighted by atomic mass is 10.0. The van der Waals surface area contributed by atoms with Gasteiger partial charge in [0.2, 0.25) is 11.9 Å². The number of anilines is 4. The lowest BCUT2D eigenvalue weighted by molar-refractivity contribution is -0.117. The second-order valence-corrected chi connectivity index (χ2v) is 9.68. The third kappa shape index (κ3) is 3.83. The van der Waals surface area contributed by atoms with Gasteiger partial charge in [-0.1, -0.05) is 0 Å². The zero-order valence-electron chi connectivity index (χ0n) is 17.8. The molecule has 1 saturated carbocycles. The van der Waals surface area contributed by atoms with Crippen LogP contribution in [0.3, 0.4) is 0 Å². The summed E-state index contributed by atoms with van der Waals surface area (Å²) in [7, 11) is 0. The average Bonchev–Trinajstić information content (AvgIpc) is 3.19. The predicted octanol–water partition coefficient (Wildman–Crippen LogP) is 3.76. The molecule has 2 fully saturated rings. The van der Waals surface area contributed by atoms with E-state index in [2.05, 4.69) is 36.8 Å². The summed E-state index contributed by atoms with van der Waals surface area (Å²) in [6.45, 7) is 0.766. The topological polar surface area (TPSA) is 112 Å². The lowest BCUT2D eigenvalue weighted by Crippen LogP contribution is -2.48. The van der Waals surface area contributed by atoms with Crippen LogP contribution in [-0.2, 0) is 17.6 Å². The maximum atomic E-state index is 13.1. The Morgan fingerprint density at radius 1 is 1.16 bits per heavy atom. The van der Waals surface area contributed by atoms with Gasteiger partial charge in [-0.25, -0.2) is 9.97 Å². The molecule has 3 aromatic rings. The van der Waals surface area contributed by atoms with Gasteiger partial charge in [0.1, 0.15) is 11.9 Å². The SMILES string of the molecule is O=C(Nc1nccs1)C1CCCCN1c1nc2c(c(Nc3cc(C4CC4)[nH]n3)n1)CCC2. The van der Waals surface area contributed by atoms with Crippen LogP contribution in [0.4, 0.5) is 22.7 Å². The summed E-state index contributed by atoms with van der Waals surface area (Å²) < 4.78 is 0. The lowest BCUT2D eigenvalue weighted by Gasteiger charge is -2.34. The smallest absolute Gasteiger partial charge is 0.248 e. The zero-order chi connectivity index (χ0) is 21.5. The van der Waals surface area contributed by atoms with Crippen LogP contribution >= 0.6 is 11.3 Å². The van der Waals surface area contributed by atoms with Crippen molar-refractivity contribution in [3.63, 3.8) is 0 Å². The van der Waals surface area contributed by atoms with E-state index in [-0.39, 0.29) is 11.9 Å². The molecule has 0 bridgehead atoms. The largest absolute Gasteiger partial charge is 0.329 e. The molecule has 3 aromatic heterocycles. The van der Waals surface area contributed by atoms with Gasteiger partial charge in [-0.2, -0.15) is 10.1 Å². The van der Waals surface area contributed by atoms with Crippen molar-refractivity contribution in [2.75, 3.05) is 22.1 Å². The van der Waals surface area contributed by atoms with Crippen LogP contribution in [0.1, 0.15) is 61.4 Å². The van der Waals surface area contributed by atoms with Gasteiger partial charge in [0, 0.05) is 41.4 Å². The molecule has 4 heterocycles. The van der Waals surface area contributed by atoms with Crippen molar-refractivity contribution < 1.29 is 4.79 Å². The van der Waals surface area contributed by atoms with Gasteiger partial charge in [-0.3, -0.25) is 9.89 Å². The number of aromatic amines is 1. The summed E-state index contributed by atoms with van der Waals surface area (Å²) in [6, 6.07) is 1.79. The van der Waals surface area contributed by atoms with Gasteiger partial charge in [0.25, 0.3) is 0 Å². The molecule has 1 amide bonds. The summed E-state index contributed by atoms with van der Waals surface area (Å²) in [5, 5.41) is 16.5. The summed E-state index contributed by atoms with van der Waals surface area (Å²) in [5.74, 6) is 2.82. The van der Waals surface area contributed by atoms with Crippen LogP contribution in [0.25, 0.3) is 0 Å². The maximum absolute atomic E-state index is 13.1. The van der Waals surface area contributed by atoms with E-state index in [9.17, 15) is 4.79 Å². The molecule has 1 atom stereocenters. The van der Waals surface area contributed by atoms with Crippen molar-refractivity contribution in [2.24, 2.45) is 0 Å². The molecular weight excluding hydrogens is 424 g/mol. The first kappa shape index (κ1) is 19.7. The van der Waals surface area contributed by atoms with Crippen LogP contribution in [0.2, 0.25) is 0 Å². The summed E-state index contributed by atoms with van der Waals surface area (Å²) in [4.78, 5) is 29.1. The number of nitrogens with one attached hydrogen (secondary N) is 3. The fraction of sp³-hybridized carbons (Fsp3) is 0.500. The Kier molecular flexibility index (Phi) is 5.01. The van der Waals surface area contributed by atoms with E-state index in [1.54, 1.807) is 6.20 Å². The number of aryl methyl sites for hydroxylation is 1. The molecule has 1 aliphatic heterocycles. The van der Waals surface area contributed by atoms with Crippen LogP contribution in [-0.4, -0.2) is 43.6 Å². The minimum atomic E-state index is -0.299. The van der Waals surface area contributed by atoms with Crippen LogP contribution in [0.5, 0.6) is 0 Å². The molecule has 32 heavy (non-hydrogen) atoms. The number of H-pyrrole nitrogens is 1. The minimum Gasteiger partial charge on any atom is -0.329 e. The summed E-state index contributed by atoms with van der Waals surface area (Å²) in [6.07, 6.45) is 9.96. The normalized spacial score (nSPS) is 20.2. The summed E-state index contributed by atoms with van der Waals surface area (Å²) >= 11 is 1.43. The van der Waals surface area contributed by atoms with Crippen molar-refractivity contribution in [3.8, 4) is 0 Å². The maximum Gasteiger partial charge on any atom is 0.248 e. The van der Waals surface area contributed by atoms with Gasteiger partial charge in [-0.05, 0) is 51.4 Å². The van der Waals surface area contributed by atoms with E-state index in [1.165, 1.54) is 35.4 Å². The van der Waals surface area contributed by atoms with Gasteiger partial charge >= 0.3 is 0 Å². The highest BCUT2D eigenvalue weighted by atomic mass is 32.1. The van der Waals surface area contributed by atoms with E-state index in [4.69, 9.17) is 9.97 Å². The number of aromatic nitrogens is 5. The van der Waals surface area contributed by atoms with E-state index in [1.807, 2.05) is 5.38 Å². The molecule has 6 rings (SSSR count). The first-order valence-electron chi connectivity index (χ1n) is 11.4. The van der Waals surface area contributed by atoms with E-state index < -0.39 is 0 Å². The van der Waals surface area contributed by atoms with Crippen molar-refractivity contribution in [1.29, 1.82) is 0 Å². The van der Waals surface area contributed by atoms with Crippen LogP contribution in [0.15, 0.2) is 17.6 Å². The molecule has 3 N–H and O–H groups in total. The van der Waals surface area contributed by atoms with E-state index in [0.29, 0.717) is 17.0 Å². The number of rotatable bonds is 6. The van der Waals surface area contributed by atoms with Gasteiger partial charge in [-0.15, -0.1) is 11.3 Å². The number of hydrogen-bond donors (Lipinski definition) is 3. The Bertz CT molecular complexity index is 1120. The van der Waals surface area contributed by atoms with Gasteiger partial charge < -0.3 is 15.5 Å². The number of amides is 1. The second kappa shape index (κ2) is 8.16. The zero-order valence-corrected chi connectivity index (χ0v) is 18.6. The number of fused-ring (bicyclic) bond motifs is 1. The molecular formula is C22H26N8OS. The average molecular weight is 451 g/mol. The molecule has 0 aromatic carbocycles.